The van der Waals surface area contributed by atoms with E-state index in [4.69, 9.17) is 0 Å². The molecule has 3 aliphatic rings. The number of piperidine rings is 1. The van der Waals surface area contributed by atoms with Gasteiger partial charge in [-0.05, 0) is 87.2 Å². The second kappa shape index (κ2) is 9.02. The first-order valence-corrected chi connectivity index (χ1v) is 12.9. The molecule has 2 aromatic heterocycles. The van der Waals surface area contributed by atoms with Gasteiger partial charge < -0.3 is 14.9 Å². The maximum absolute atomic E-state index is 12.0. The lowest BCUT2D eigenvalue weighted by Crippen LogP contribution is -2.38. The summed E-state index contributed by atoms with van der Waals surface area (Å²) in [4.78, 5) is 21.4. The number of fused-ring (bicyclic) bond motifs is 1. The molecular weight excluding hydrogens is 426 g/mol. The highest BCUT2D eigenvalue weighted by Gasteiger charge is 2.26. The summed E-state index contributed by atoms with van der Waals surface area (Å²) < 4.78 is 1.81. The van der Waals surface area contributed by atoms with Gasteiger partial charge in [0.15, 0.2) is 11.3 Å². The van der Waals surface area contributed by atoms with E-state index in [2.05, 4.69) is 38.1 Å². The van der Waals surface area contributed by atoms with Crippen molar-refractivity contribution in [2.24, 2.45) is 5.92 Å². The Balaban J connectivity index is 1.30. The number of hydrogen-bond donors (Lipinski definition) is 1. The minimum Gasteiger partial charge on any atom is -0.477 e. The molecule has 0 unspecified atom stereocenters. The number of benzene rings is 1. The van der Waals surface area contributed by atoms with Gasteiger partial charge in [-0.3, -0.25) is 0 Å². The molecule has 3 fully saturated rings. The predicted molar refractivity (Wildman–Crippen MR) is 133 cm³/mol. The second-order valence-electron chi connectivity index (χ2n) is 10.3. The van der Waals surface area contributed by atoms with Crippen LogP contribution in [0.2, 0.25) is 0 Å². The summed E-state index contributed by atoms with van der Waals surface area (Å²) in [7, 11) is 0. The highest BCUT2D eigenvalue weighted by Crippen LogP contribution is 2.37. The minimum absolute atomic E-state index is 0.0820. The van der Waals surface area contributed by atoms with Gasteiger partial charge in [0.1, 0.15) is 0 Å². The van der Waals surface area contributed by atoms with Crippen LogP contribution < -0.4 is 4.90 Å². The van der Waals surface area contributed by atoms with Crippen LogP contribution in [0.25, 0.3) is 16.7 Å². The zero-order valence-electron chi connectivity index (χ0n) is 19.7. The van der Waals surface area contributed by atoms with Crippen LogP contribution >= 0.6 is 0 Å². The Kier molecular flexibility index (Phi) is 5.73. The van der Waals surface area contributed by atoms with E-state index in [-0.39, 0.29) is 5.69 Å². The molecule has 178 valence electrons. The molecule has 1 saturated carbocycles. The minimum atomic E-state index is -0.997. The van der Waals surface area contributed by atoms with Crippen molar-refractivity contribution in [3.8, 4) is 5.69 Å². The molecule has 34 heavy (non-hydrogen) atoms. The van der Waals surface area contributed by atoms with Gasteiger partial charge >= 0.3 is 5.97 Å². The van der Waals surface area contributed by atoms with Gasteiger partial charge in [-0.15, -0.1) is 0 Å². The molecule has 0 spiro atoms. The second-order valence-corrected chi connectivity index (χ2v) is 10.3. The number of carbonyl (C=O) groups is 1. The molecule has 7 nitrogen and oxygen atoms in total. The number of aromatic nitrogens is 3. The van der Waals surface area contributed by atoms with Crippen LogP contribution in [-0.4, -0.2) is 63.5 Å². The van der Waals surface area contributed by atoms with E-state index in [0.29, 0.717) is 11.6 Å². The molecule has 6 rings (SSSR count). The van der Waals surface area contributed by atoms with Crippen LogP contribution in [0.4, 0.5) is 5.69 Å². The fourth-order valence-corrected chi connectivity index (χ4v) is 5.88. The molecular formula is C27H33N5O2. The van der Waals surface area contributed by atoms with Crippen molar-refractivity contribution >= 4 is 22.7 Å². The lowest BCUT2D eigenvalue weighted by atomic mass is 9.80. The lowest BCUT2D eigenvalue weighted by Gasteiger charge is -2.35. The standard InChI is InChI=1S/C27H33N5O2/c33-27(34)24-16-25(31-13-9-19(10-14-31)18-30-11-1-2-12-30)23-17-28-32(26(23)29-24)22-8-4-7-21(15-22)20-5-3-6-20/h4,7-8,15-17,19-20H,1-3,5-6,9-14,18H2,(H,33,34). The maximum Gasteiger partial charge on any atom is 0.354 e. The number of nitrogens with zero attached hydrogens (tertiary/aromatic N) is 5. The van der Waals surface area contributed by atoms with Crippen molar-refractivity contribution < 1.29 is 9.90 Å². The Morgan fingerprint density at radius 1 is 1.00 bits per heavy atom. The number of carboxylic acid groups (broad SMARTS) is 1. The predicted octanol–water partition coefficient (Wildman–Crippen LogP) is 4.70. The van der Waals surface area contributed by atoms with Crippen LogP contribution in [0.15, 0.2) is 36.5 Å². The number of carboxylic acids is 1. The van der Waals surface area contributed by atoms with Crippen LogP contribution in [-0.2, 0) is 0 Å². The Labute approximate surface area is 200 Å². The lowest BCUT2D eigenvalue weighted by molar-refractivity contribution is 0.0691. The van der Waals surface area contributed by atoms with Crippen molar-refractivity contribution in [2.75, 3.05) is 37.6 Å². The van der Waals surface area contributed by atoms with E-state index in [1.54, 1.807) is 6.07 Å². The smallest absolute Gasteiger partial charge is 0.354 e. The molecule has 0 amide bonds. The molecule has 0 atom stereocenters. The van der Waals surface area contributed by atoms with Crippen molar-refractivity contribution in [2.45, 2.75) is 50.9 Å². The van der Waals surface area contributed by atoms with E-state index >= 15 is 0 Å². The molecule has 1 aliphatic carbocycles. The van der Waals surface area contributed by atoms with Crippen molar-refractivity contribution in [1.29, 1.82) is 0 Å². The zero-order chi connectivity index (χ0) is 23.1. The summed E-state index contributed by atoms with van der Waals surface area (Å²) in [6, 6.07) is 10.2. The number of likely N-dealkylation sites (tertiary alicyclic amines) is 1. The van der Waals surface area contributed by atoms with E-state index in [1.807, 2.05) is 16.9 Å². The van der Waals surface area contributed by atoms with Crippen LogP contribution in [0, 0.1) is 5.92 Å². The third-order valence-electron chi connectivity index (χ3n) is 8.10. The van der Waals surface area contributed by atoms with Crippen molar-refractivity contribution in [1.82, 2.24) is 19.7 Å². The monoisotopic (exact) mass is 459 g/mol. The van der Waals surface area contributed by atoms with E-state index < -0.39 is 5.97 Å². The summed E-state index contributed by atoms with van der Waals surface area (Å²) in [6.07, 6.45) is 10.6. The molecule has 1 N–H and O–H groups in total. The molecule has 2 saturated heterocycles. The Morgan fingerprint density at radius 2 is 1.79 bits per heavy atom. The summed E-state index contributed by atoms with van der Waals surface area (Å²) in [5.74, 6) is 0.354. The van der Waals surface area contributed by atoms with E-state index in [1.165, 1.54) is 57.3 Å². The molecule has 4 heterocycles. The number of pyridine rings is 1. The zero-order valence-corrected chi connectivity index (χ0v) is 19.7. The quantitative estimate of drug-likeness (QED) is 0.576. The number of rotatable bonds is 6. The molecule has 0 bridgehead atoms. The molecule has 1 aromatic carbocycles. The fraction of sp³-hybridized carbons (Fsp3) is 0.519. The normalized spacial score (nSPS) is 20.2. The Morgan fingerprint density at radius 3 is 2.50 bits per heavy atom. The fourth-order valence-electron chi connectivity index (χ4n) is 5.88. The Hall–Kier alpha value is -2.93. The van der Waals surface area contributed by atoms with Crippen molar-refractivity contribution in [3.63, 3.8) is 0 Å². The van der Waals surface area contributed by atoms with E-state index in [0.717, 1.165) is 48.6 Å². The topological polar surface area (TPSA) is 74.5 Å². The molecule has 2 aliphatic heterocycles. The SMILES string of the molecule is O=C(O)c1cc(N2CCC(CN3CCCC3)CC2)c2cnn(-c3cccc(C4CCC4)c3)c2n1. The van der Waals surface area contributed by atoms with Gasteiger partial charge in [-0.1, -0.05) is 18.6 Å². The third-order valence-corrected chi connectivity index (χ3v) is 8.10. The third kappa shape index (κ3) is 4.06. The van der Waals surface area contributed by atoms with E-state index in [9.17, 15) is 9.90 Å². The van der Waals surface area contributed by atoms with Crippen LogP contribution in [0.3, 0.4) is 0 Å². The summed E-state index contributed by atoms with van der Waals surface area (Å²) in [5.41, 5.74) is 3.94. The number of hydrogen-bond acceptors (Lipinski definition) is 5. The van der Waals surface area contributed by atoms with Gasteiger partial charge in [0.05, 0.1) is 23.0 Å². The molecule has 7 heteroatoms. The van der Waals surface area contributed by atoms with Crippen LogP contribution in [0.1, 0.15) is 66.9 Å². The average molecular weight is 460 g/mol. The first-order chi connectivity index (χ1) is 16.7. The number of anilines is 1. The van der Waals surface area contributed by atoms with Crippen LogP contribution in [0.5, 0.6) is 0 Å². The van der Waals surface area contributed by atoms with Gasteiger partial charge in [0, 0.05) is 19.6 Å². The number of aromatic carboxylic acids is 1. The molecule has 0 radical (unpaired) electrons. The van der Waals surface area contributed by atoms with Gasteiger partial charge in [-0.2, -0.15) is 5.10 Å². The van der Waals surface area contributed by atoms with Gasteiger partial charge in [0.2, 0.25) is 0 Å². The van der Waals surface area contributed by atoms with Gasteiger partial charge in [0.25, 0.3) is 0 Å². The Bertz CT molecular complexity index is 1190. The first-order valence-electron chi connectivity index (χ1n) is 12.9. The highest BCUT2D eigenvalue weighted by molar-refractivity contribution is 5.96. The highest BCUT2D eigenvalue weighted by atomic mass is 16.4. The van der Waals surface area contributed by atoms with Crippen molar-refractivity contribution in [3.05, 3.63) is 47.8 Å². The molecule has 3 aromatic rings. The first kappa shape index (κ1) is 21.6. The summed E-state index contributed by atoms with van der Waals surface area (Å²) in [6.45, 7) is 5.58. The maximum atomic E-state index is 12.0. The summed E-state index contributed by atoms with van der Waals surface area (Å²) in [5, 5.41) is 15.4. The average Bonchev–Trinajstić information content (AvgIpc) is 3.48. The summed E-state index contributed by atoms with van der Waals surface area (Å²) >= 11 is 0. The largest absolute Gasteiger partial charge is 0.477 e. The van der Waals surface area contributed by atoms with Gasteiger partial charge in [-0.25, -0.2) is 14.5 Å².